The summed E-state index contributed by atoms with van der Waals surface area (Å²) in [5.74, 6) is 0. The molecule has 0 fully saturated rings. The van der Waals surface area contributed by atoms with E-state index in [-0.39, 0.29) is 12.6 Å². The molecule has 1 aromatic carbocycles. The van der Waals surface area contributed by atoms with Crippen LogP contribution in [0.15, 0.2) is 24.3 Å². The number of nitrogens with one attached hydrogen (secondary N) is 1. The van der Waals surface area contributed by atoms with Crippen LogP contribution >= 0.6 is 0 Å². The van der Waals surface area contributed by atoms with Crippen molar-refractivity contribution in [1.82, 2.24) is 10.2 Å². The Bertz CT molecular complexity index is 342. The van der Waals surface area contributed by atoms with Gasteiger partial charge in [-0.2, -0.15) is 0 Å². The van der Waals surface area contributed by atoms with E-state index in [1.165, 1.54) is 0 Å². The molecule has 0 aliphatic rings. The van der Waals surface area contributed by atoms with Crippen molar-refractivity contribution in [1.29, 1.82) is 0 Å². The minimum atomic E-state index is -0.0312. The predicted molar refractivity (Wildman–Crippen MR) is 73.5 cm³/mol. The van der Waals surface area contributed by atoms with Crippen molar-refractivity contribution in [3.05, 3.63) is 35.4 Å². The summed E-state index contributed by atoms with van der Waals surface area (Å²) < 4.78 is 5.19. The van der Waals surface area contributed by atoms with Gasteiger partial charge in [-0.15, -0.1) is 0 Å². The zero-order valence-corrected chi connectivity index (χ0v) is 11.5. The molecule has 1 unspecified atom stereocenters. The Morgan fingerprint density at radius 2 is 2.06 bits per heavy atom. The number of aliphatic hydroxyl groups excluding tert-OH is 1. The number of nitrogens with zero attached hydrogens (tertiary/aromatic N) is 1. The molecule has 4 nitrogen and oxygen atoms in total. The summed E-state index contributed by atoms with van der Waals surface area (Å²) in [4.78, 5) is 2.11. The van der Waals surface area contributed by atoms with Crippen molar-refractivity contribution in [3.63, 3.8) is 0 Å². The Hall–Kier alpha value is -0.940. The summed E-state index contributed by atoms with van der Waals surface area (Å²) in [5, 5.41) is 12.9. The van der Waals surface area contributed by atoms with Gasteiger partial charge in [-0.05, 0) is 25.2 Å². The van der Waals surface area contributed by atoms with E-state index >= 15 is 0 Å². The highest BCUT2D eigenvalue weighted by molar-refractivity contribution is 5.29. The Morgan fingerprint density at radius 1 is 1.33 bits per heavy atom. The van der Waals surface area contributed by atoms with Gasteiger partial charge in [0.05, 0.1) is 19.3 Å². The number of hydrogen-bond donors (Lipinski definition) is 2. The standard InChI is InChI=1S/C14H24N2O2/c1-16(2)9-8-15-14(10-17)13-7-5-4-6-12(13)11-18-3/h4-7,14-15,17H,8-11H2,1-3H3. The molecule has 4 heteroatoms. The molecule has 0 bridgehead atoms. The topological polar surface area (TPSA) is 44.7 Å². The summed E-state index contributed by atoms with van der Waals surface area (Å²) in [6, 6.07) is 8.03. The maximum Gasteiger partial charge on any atom is 0.0716 e. The molecule has 0 aromatic heterocycles. The first kappa shape index (κ1) is 15.1. The Morgan fingerprint density at radius 3 is 2.67 bits per heavy atom. The minimum Gasteiger partial charge on any atom is -0.394 e. The largest absolute Gasteiger partial charge is 0.394 e. The van der Waals surface area contributed by atoms with Gasteiger partial charge in [0.1, 0.15) is 0 Å². The van der Waals surface area contributed by atoms with Crippen LogP contribution < -0.4 is 5.32 Å². The van der Waals surface area contributed by atoms with E-state index in [2.05, 4.69) is 10.2 Å². The summed E-state index contributed by atoms with van der Waals surface area (Å²) in [5.41, 5.74) is 2.23. The van der Waals surface area contributed by atoms with Gasteiger partial charge < -0.3 is 20.1 Å². The van der Waals surface area contributed by atoms with E-state index < -0.39 is 0 Å². The lowest BCUT2D eigenvalue weighted by Crippen LogP contribution is -2.32. The van der Waals surface area contributed by atoms with E-state index in [1.54, 1.807) is 7.11 Å². The molecule has 0 heterocycles. The van der Waals surface area contributed by atoms with Crippen molar-refractivity contribution in [2.45, 2.75) is 12.6 Å². The zero-order valence-electron chi connectivity index (χ0n) is 11.5. The Kier molecular flexibility index (Phi) is 6.90. The first-order chi connectivity index (χ1) is 8.69. The Labute approximate surface area is 110 Å². The third kappa shape index (κ3) is 4.74. The van der Waals surface area contributed by atoms with Gasteiger partial charge >= 0.3 is 0 Å². The maximum atomic E-state index is 9.52. The van der Waals surface area contributed by atoms with E-state index in [1.807, 2.05) is 38.4 Å². The lowest BCUT2D eigenvalue weighted by molar-refractivity contribution is 0.181. The fourth-order valence-electron chi connectivity index (χ4n) is 1.90. The molecule has 0 amide bonds. The average molecular weight is 252 g/mol. The number of hydrogen-bond acceptors (Lipinski definition) is 4. The van der Waals surface area contributed by atoms with Crippen LogP contribution in [0.25, 0.3) is 0 Å². The van der Waals surface area contributed by atoms with Gasteiger partial charge in [-0.1, -0.05) is 24.3 Å². The number of benzene rings is 1. The predicted octanol–water partition coefficient (Wildman–Crippen LogP) is 1.02. The molecular formula is C14H24N2O2. The third-order valence-electron chi connectivity index (χ3n) is 2.86. The van der Waals surface area contributed by atoms with E-state index in [0.717, 1.165) is 24.2 Å². The fourth-order valence-corrected chi connectivity index (χ4v) is 1.90. The first-order valence-electron chi connectivity index (χ1n) is 6.24. The second-order valence-electron chi connectivity index (χ2n) is 4.62. The smallest absolute Gasteiger partial charge is 0.0716 e. The molecule has 0 radical (unpaired) electrons. The summed E-state index contributed by atoms with van der Waals surface area (Å²) in [7, 11) is 5.76. The molecule has 1 atom stereocenters. The average Bonchev–Trinajstić information content (AvgIpc) is 2.36. The number of ether oxygens (including phenoxy) is 1. The summed E-state index contributed by atoms with van der Waals surface area (Å²) in [6.45, 7) is 2.46. The molecule has 102 valence electrons. The van der Waals surface area contributed by atoms with Crippen LogP contribution in [-0.2, 0) is 11.3 Å². The molecular weight excluding hydrogens is 228 g/mol. The van der Waals surface area contributed by atoms with E-state index in [9.17, 15) is 5.11 Å². The van der Waals surface area contributed by atoms with Crippen LogP contribution in [0.3, 0.4) is 0 Å². The molecule has 1 rings (SSSR count). The van der Waals surface area contributed by atoms with Gasteiger partial charge in [0.25, 0.3) is 0 Å². The SMILES string of the molecule is COCc1ccccc1C(CO)NCCN(C)C. The molecule has 0 saturated carbocycles. The van der Waals surface area contributed by atoms with Gasteiger partial charge in [0, 0.05) is 20.2 Å². The fraction of sp³-hybridized carbons (Fsp3) is 0.571. The van der Waals surface area contributed by atoms with Gasteiger partial charge in [-0.25, -0.2) is 0 Å². The molecule has 1 aromatic rings. The van der Waals surface area contributed by atoms with E-state index in [0.29, 0.717) is 6.61 Å². The van der Waals surface area contributed by atoms with E-state index in [4.69, 9.17) is 4.74 Å². The second kappa shape index (κ2) is 8.21. The van der Waals surface area contributed by atoms with Crippen LogP contribution in [0, 0.1) is 0 Å². The maximum absolute atomic E-state index is 9.52. The van der Waals surface area contributed by atoms with Crippen LogP contribution in [0.1, 0.15) is 17.2 Å². The van der Waals surface area contributed by atoms with Gasteiger partial charge in [0.2, 0.25) is 0 Å². The summed E-state index contributed by atoms with van der Waals surface area (Å²) >= 11 is 0. The van der Waals surface area contributed by atoms with Crippen LogP contribution in [0.5, 0.6) is 0 Å². The van der Waals surface area contributed by atoms with Crippen LogP contribution in [-0.4, -0.2) is 50.9 Å². The van der Waals surface area contributed by atoms with Crippen LogP contribution in [0.2, 0.25) is 0 Å². The molecule has 0 aliphatic carbocycles. The quantitative estimate of drug-likeness (QED) is 0.725. The molecule has 0 saturated heterocycles. The van der Waals surface area contributed by atoms with Crippen molar-refractivity contribution in [2.24, 2.45) is 0 Å². The van der Waals surface area contributed by atoms with Gasteiger partial charge in [0.15, 0.2) is 0 Å². The molecule has 18 heavy (non-hydrogen) atoms. The second-order valence-corrected chi connectivity index (χ2v) is 4.62. The van der Waals surface area contributed by atoms with Crippen molar-refractivity contribution in [3.8, 4) is 0 Å². The van der Waals surface area contributed by atoms with Crippen molar-refractivity contribution >= 4 is 0 Å². The highest BCUT2D eigenvalue weighted by Crippen LogP contribution is 2.18. The number of likely N-dealkylation sites (N-methyl/N-ethyl adjacent to an activating group) is 1. The molecule has 0 spiro atoms. The summed E-state index contributed by atoms with van der Waals surface area (Å²) in [6.07, 6.45) is 0. The number of rotatable bonds is 8. The normalized spacial score (nSPS) is 12.9. The lowest BCUT2D eigenvalue weighted by atomic mass is 10.0. The Balaban J connectivity index is 2.68. The van der Waals surface area contributed by atoms with Gasteiger partial charge in [-0.3, -0.25) is 0 Å². The molecule has 2 N–H and O–H groups in total. The van der Waals surface area contributed by atoms with Crippen LogP contribution in [0.4, 0.5) is 0 Å². The number of aliphatic hydroxyl groups is 1. The van der Waals surface area contributed by atoms with Crippen molar-refractivity contribution in [2.75, 3.05) is 40.9 Å². The van der Waals surface area contributed by atoms with Crippen molar-refractivity contribution < 1.29 is 9.84 Å². The molecule has 0 aliphatic heterocycles. The first-order valence-corrected chi connectivity index (χ1v) is 6.24. The monoisotopic (exact) mass is 252 g/mol. The highest BCUT2D eigenvalue weighted by atomic mass is 16.5. The lowest BCUT2D eigenvalue weighted by Gasteiger charge is -2.21. The zero-order chi connectivity index (χ0) is 13.4. The third-order valence-corrected chi connectivity index (χ3v) is 2.86. The highest BCUT2D eigenvalue weighted by Gasteiger charge is 2.13. The number of methoxy groups -OCH3 is 1. The minimum absolute atomic E-state index is 0.0312.